The molecule has 66 heavy (non-hydrogen) atoms. The number of β-amino-alcohol motifs (C(OH)–C–C–N with tert-alkyl or cyclic N) is 1. The number of aliphatic hydroxyl groups is 1. The maximum Gasteiger partial charge on any atom is 0.274 e. The number of unbranched alkanes of at least 4 members (excludes halogenated alkanes) is 1. The molecule has 3 atom stereocenters. The molecule has 7 rings (SSSR count). The zero-order valence-corrected chi connectivity index (χ0v) is 38.8. The number of anilines is 2. The number of hydrogen-bond donors (Lipinski definition) is 5. The quantitative estimate of drug-likeness (QED) is 0.0813. The largest absolute Gasteiger partial charge is 0.494 e. The zero-order valence-electron chi connectivity index (χ0n) is 38.0. The Labute approximate surface area is 388 Å². The summed E-state index contributed by atoms with van der Waals surface area (Å²) in [6.07, 6.45) is 2.21. The number of nitrogens with zero attached hydrogens (tertiary/aromatic N) is 6. The van der Waals surface area contributed by atoms with Crippen molar-refractivity contribution in [3.63, 3.8) is 0 Å². The summed E-state index contributed by atoms with van der Waals surface area (Å²) in [5, 5.41) is 26.1. The second-order valence-electron chi connectivity index (χ2n) is 17.7. The van der Waals surface area contributed by atoms with Crippen molar-refractivity contribution in [1.82, 2.24) is 40.6 Å². The molecule has 5 amide bonds. The fraction of sp³-hybridized carbons (Fsp3) is 0.417. The molecule has 2 saturated heterocycles. The number of piperazine rings is 1. The van der Waals surface area contributed by atoms with E-state index in [2.05, 4.69) is 41.0 Å². The number of methoxy groups -OCH3 is 1. The number of thiazole rings is 1. The smallest absolute Gasteiger partial charge is 0.274 e. The topological polar surface area (TPSA) is 215 Å². The monoisotopic (exact) mass is 918 g/mol. The van der Waals surface area contributed by atoms with Crippen molar-refractivity contribution < 1.29 is 33.8 Å². The summed E-state index contributed by atoms with van der Waals surface area (Å²) in [4.78, 5) is 82.4. The van der Waals surface area contributed by atoms with Crippen LogP contribution in [0.2, 0.25) is 0 Å². The number of aromatic nitrogens is 4. The minimum atomic E-state index is -0.935. The number of pyridine rings is 1. The Morgan fingerprint density at radius 3 is 2.41 bits per heavy atom. The predicted octanol–water partition coefficient (Wildman–Crippen LogP) is 5.18. The van der Waals surface area contributed by atoms with Crippen molar-refractivity contribution in [2.24, 2.45) is 5.41 Å². The number of amides is 5. The number of carbonyl (C=O) groups is 5. The van der Waals surface area contributed by atoms with Gasteiger partial charge in [0.05, 0.1) is 46.4 Å². The van der Waals surface area contributed by atoms with Crippen LogP contribution in [0.3, 0.4) is 0 Å². The van der Waals surface area contributed by atoms with Gasteiger partial charge in [-0.05, 0) is 66.6 Å². The van der Waals surface area contributed by atoms with Crippen molar-refractivity contribution in [2.45, 2.75) is 84.5 Å². The molecule has 5 heterocycles. The minimum Gasteiger partial charge on any atom is -0.494 e. The lowest BCUT2D eigenvalue weighted by atomic mass is 9.85. The van der Waals surface area contributed by atoms with Crippen LogP contribution in [0.4, 0.5) is 11.4 Å². The van der Waals surface area contributed by atoms with Gasteiger partial charge < -0.3 is 40.5 Å². The van der Waals surface area contributed by atoms with Gasteiger partial charge in [0.1, 0.15) is 23.5 Å². The Hall–Kier alpha value is -6.66. The van der Waals surface area contributed by atoms with Crippen LogP contribution in [-0.4, -0.2) is 123 Å². The highest BCUT2D eigenvalue weighted by atomic mass is 32.1. The van der Waals surface area contributed by atoms with E-state index in [1.54, 1.807) is 55.0 Å². The first kappa shape index (κ1) is 47.3. The van der Waals surface area contributed by atoms with Crippen molar-refractivity contribution in [1.29, 1.82) is 0 Å². The number of H-pyrrole nitrogens is 1. The molecule has 5 aromatic rings. The number of benzene rings is 2. The van der Waals surface area contributed by atoms with E-state index in [9.17, 15) is 29.1 Å². The van der Waals surface area contributed by atoms with Gasteiger partial charge >= 0.3 is 0 Å². The van der Waals surface area contributed by atoms with Crippen LogP contribution in [-0.2, 0) is 25.7 Å². The van der Waals surface area contributed by atoms with Gasteiger partial charge in [0.2, 0.25) is 23.6 Å². The Balaban J connectivity index is 0.841. The fourth-order valence-corrected chi connectivity index (χ4v) is 9.04. The molecular formula is C48H58N10O7S. The summed E-state index contributed by atoms with van der Waals surface area (Å²) in [6, 6.07) is 18.6. The molecule has 17 nitrogen and oxygen atoms in total. The van der Waals surface area contributed by atoms with Crippen molar-refractivity contribution in [3.05, 3.63) is 95.4 Å². The van der Waals surface area contributed by atoms with Gasteiger partial charge in [0, 0.05) is 76.5 Å². The van der Waals surface area contributed by atoms with E-state index in [1.165, 1.54) is 4.90 Å². The van der Waals surface area contributed by atoms with E-state index in [0.717, 1.165) is 27.4 Å². The first-order chi connectivity index (χ1) is 31.7. The molecule has 0 aliphatic carbocycles. The Morgan fingerprint density at radius 2 is 1.73 bits per heavy atom. The van der Waals surface area contributed by atoms with Crippen molar-refractivity contribution >= 4 is 52.2 Å². The lowest BCUT2D eigenvalue weighted by Crippen LogP contribution is -2.57. The second kappa shape index (κ2) is 21.1. The Bertz CT molecular complexity index is 2500. The molecule has 2 aliphatic rings. The van der Waals surface area contributed by atoms with Crippen LogP contribution in [0.1, 0.15) is 74.6 Å². The van der Waals surface area contributed by atoms with Crippen LogP contribution in [0.5, 0.6) is 5.75 Å². The maximum atomic E-state index is 14.1. The maximum absolute atomic E-state index is 14.1. The molecule has 0 bridgehead atoms. The normalized spacial score (nSPS) is 16.7. The minimum absolute atomic E-state index is 0.0125. The number of hydrogen-bond acceptors (Lipinski definition) is 12. The first-order valence-corrected chi connectivity index (χ1v) is 23.1. The number of likely N-dealkylation sites (tertiary alicyclic amines) is 1. The van der Waals surface area contributed by atoms with Gasteiger partial charge in [0.15, 0.2) is 0 Å². The zero-order chi connectivity index (χ0) is 47.0. The van der Waals surface area contributed by atoms with Crippen LogP contribution in [0.15, 0.2) is 78.4 Å². The van der Waals surface area contributed by atoms with Gasteiger partial charge in [-0.1, -0.05) is 51.1 Å². The summed E-state index contributed by atoms with van der Waals surface area (Å²) >= 11 is 1.57. The Kier molecular flexibility index (Phi) is 15.1. The highest BCUT2D eigenvalue weighted by Gasteiger charge is 2.44. The van der Waals surface area contributed by atoms with Gasteiger partial charge in [-0.25, -0.2) is 9.97 Å². The van der Waals surface area contributed by atoms with Crippen LogP contribution in [0.25, 0.3) is 21.8 Å². The molecule has 0 unspecified atom stereocenters. The number of aryl methyl sites for hydroxylation is 1. The van der Waals surface area contributed by atoms with Gasteiger partial charge in [0.25, 0.3) is 5.91 Å². The van der Waals surface area contributed by atoms with Crippen LogP contribution in [0, 0.1) is 12.3 Å². The van der Waals surface area contributed by atoms with Crippen molar-refractivity contribution in [2.75, 3.05) is 50.1 Å². The number of aliphatic hydroxyl groups excluding tert-OH is 1. The average Bonchev–Trinajstić information content (AvgIpc) is 4.11. The summed E-state index contributed by atoms with van der Waals surface area (Å²) < 4.78 is 5.64. The number of nitrogens with one attached hydrogen (secondary N) is 4. The van der Waals surface area contributed by atoms with Gasteiger partial charge in [-0.15, -0.1) is 11.3 Å². The van der Waals surface area contributed by atoms with E-state index < -0.39 is 29.5 Å². The molecule has 2 aliphatic heterocycles. The highest BCUT2D eigenvalue weighted by molar-refractivity contribution is 7.13. The fourth-order valence-electron chi connectivity index (χ4n) is 8.22. The number of ether oxygens (including phenoxy) is 1. The van der Waals surface area contributed by atoms with E-state index in [4.69, 9.17) is 4.74 Å². The molecule has 3 aromatic heterocycles. The third-order valence-electron chi connectivity index (χ3n) is 11.9. The summed E-state index contributed by atoms with van der Waals surface area (Å²) in [5.41, 5.74) is 6.96. The number of rotatable bonds is 16. The molecule has 18 heteroatoms. The molecule has 0 saturated carbocycles. The molecule has 5 N–H and O–H groups in total. The van der Waals surface area contributed by atoms with Crippen molar-refractivity contribution in [3.8, 4) is 27.6 Å². The van der Waals surface area contributed by atoms with E-state index in [-0.39, 0.29) is 61.7 Å². The molecule has 0 spiro atoms. The van der Waals surface area contributed by atoms with Crippen LogP contribution >= 0.6 is 11.3 Å². The molecular weight excluding hydrogens is 861 g/mol. The molecule has 2 aromatic carbocycles. The van der Waals surface area contributed by atoms with E-state index in [0.29, 0.717) is 61.8 Å². The third-order valence-corrected chi connectivity index (χ3v) is 12.9. The lowest BCUT2D eigenvalue weighted by molar-refractivity contribution is -0.144. The molecule has 2 fully saturated rings. The van der Waals surface area contributed by atoms with Gasteiger partial charge in [-0.2, -0.15) is 5.10 Å². The first-order valence-electron chi connectivity index (χ1n) is 22.2. The highest BCUT2D eigenvalue weighted by Crippen LogP contribution is 2.32. The summed E-state index contributed by atoms with van der Waals surface area (Å²) in [7, 11) is 1.54. The average molecular weight is 919 g/mol. The standard InChI is InChI=1S/C48H58N10O7S/c1-30-43(66-29-50-30)32-15-13-31(14-16-32)27-49-46(63)39-26-34(59)28-58(39)47(64)44(48(2,3)4)54-41(60)11-6-7-12-42(61)57-23-21-56(22-24-57)33-17-18-37(40(25-33)65-5)53-45(62)38-10-8-9-35(52-38)36-19-20-51-55-36/h8-10,13-20,25,29,34,39,44,59H,6-7,11-12,21-24,26-28H2,1-5H3,(H,49,63)(H,51,55)(H,53,62)(H,54,60)/t34-,39+,44-/m1/s1. The predicted molar refractivity (Wildman–Crippen MR) is 252 cm³/mol. The summed E-state index contributed by atoms with van der Waals surface area (Å²) in [6.45, 7) is 10.0. The Morgan fingerprint density at radius 1 is 0.970 bits per heavy atom. The van der Waals surface area contributed by atoms with Crippen LogP contribution < -0.4 is 25.6 Å². The van der Waals surface area contributed by atoms with Gasteiger partial charge in [-0.3, -0.25) is 29.1 Å². The van der Waals surface area contributed by atoms with E-state index in [1.807, 2.05) is 74.5 Å². The van der Waals surface area contributed by atoms with E-state index >= 15 is 0 Å². The summed E-state index contributed by atoms with van der Waals surface area (Å²) in [5.74, 6) is -0.990. The lowest BCUT2D eigenvalue weighted by Gasteiger charge is -2.36. The molecule has 0 radical (unpaired) electrons. The third kappa shape index (κ3) is 11.6. The molecule has 348 valence electrons. The number of aromatic amines is 1. The number of carbonyl (C=O) groups excluding carboxylic acids is 5. The second-order valence-corrected chi connectivity index (χ2v) is 18.6. The SMILES string of the molecule is COc1cc(N2CCN(C(=O)CCCCC(=O)N[C@H](C(=O)N3C[C@H](O)C[C@H]3C(=O)NCc3ccc(-c4scnc4C)cc3)C(C)(C)C)CC2)ccc1NC(=O)c1cccc(-c2ccn[nH]2)n1.